The monoisotopic (exact) mass is 391 g/mol. The zero-order valence-electron chi connectivity index (χ0n) is 15.4. The Balaban J connectivity index is 2.88. The molecule has 1 atom stereocenters. The molecule has 0 unspecified atom stereocenters. The Kier molecular flexibility index (Phi) is 8.41. The van der Waals surface area contributed by atoms with Crippen LogP contribution in [-0.2, 0) is 15.8 Å². The van der Waals surface area contributed by atoms with Crippen LogP contribution in [0.2, 0.25) is 0 Å². The first-order valence-corrected chi connectivity index (χ1v) is 8.49. The highest BCUT2D eigenvalue weighted by atomic mass is 19.4. The Morgan fingerprint density at radius 3 is 2.52 bits per heavy atom. The molecule has 0 aliphatic heterocycles. The summed E-state index contributed by atoms with van der Waals surface area (Å²) in [4.78, 5) is 30.2. The lowest BCUT2D eigenvalue weighted by atomic mass is 10.0. The molecule has 1 heterocycles. The molecular weight excluding hydrogens is 367 g/mol. The highest BCUT2D eigenvalue weighted by Crippen LogP contribution is 2.32. The van der Waals surface area contributed by atoms with Gasteiger partial charge in [0.05, 0.1) is 12.5 Å². The molecule has 2 amide bonds. The van der Waals surface area contributed by atoms with Crippen molar-refractivity contribution in [2.45, 2.75) is 52.6 Å². The summed E-state index contributed by atoms with van der Waals surface area (Å²) in [7, 11) is 0. The van der Waals surface area contributed by atoms with Crippen molar-refractivity contribution < 1.29 is 28.0 Å². The van der Waals surface area contributed by atoms with Gasteiger partial charge in [0, 0.05) is 5.56 Å². The molecule has 8 nitrogen and oxygen atoms in total. The molecule has 0 fully saturated rings. The topological polar surface area (TPSA) is 107 Å². The number of nitrogens with zero attached hydrogens (tertiary/aromatic N) is 3. The SMILES string of the molecule is CCCCC[C@H](CN(O)C=O)C(=O)NNc1nc(C)nc(C(F)(F)F)c1C. The number of hydrogen-bond acceptors (Lipinski definition) is 6. The number of rotatable bonds is 10. The Morgan fingerprint density at radius 2 is 1.96 bits per heavy atom. The minimum atomic E-state index is -4.65. The third kappa shape index (κ3) is 7.00. The van der Waals surface area contributed by atoms with E-state index in [1.165, 1.54) is 13.8 Å². The van der Waals surface area contributed by atoms with Crippen molar-refractivity contribution in [1.29, 1.82) is 0 Å². The second kappa shape index (κ2) is 10.0. The molecule has 11 heteroatoms. The summed E-state index contributed by atoms with van der Waals surface area (Å²) < 4.78 is 39.1. The number of hydroxylamine groups is 2. The van der Waals surface area contributed by atoms with E-state index in [0.717, 1.165) is 12.8 Å². The second-order valence-corrected chi connectivity index (χ2v) is 6.13. The van der Waals surface area contributed by atoms with E-state index in [2.05, 4.69) is 20.8 Å². The van der Waals surface area contributed by atoms with Crippen molar-refractivity contribution in [3.63, 3.8) is 0 Å². The van der Waals surface area contributed by atoms with E-state index >= 15 is 0 Å². The van der Waals surface area contributed by atoms with Gasteiger partial charge in [0.15, 0.2) is 11.5 Å². The molecule has 3 N–H and O–H groups in total. The Morgan fingerprint density at radius 1 is 1.30 bits per heavy atom. The zero-order chi connectivity index (χ0) is 20.6. The largest absolute Gasteiger partial charge is 0.433 e. The number of anilines is 1. The minimum Gasteiger partial charge on any atom is -0.286 e. The van der Waals surface area contributed by atoms with Crippen LogP contribution in [0.15, 0.2) is 0 Å². The smallest absolute Gasteiger partial charge is 0.286 e. The lowest BCUT2D eigenvalue weighted by Gasteiger charge is -2.21. The summed E-state index contributed by atoms with van der Waals surface area (Å²) in [5.41, 5.74) is 3.34. The van der Waals surface area contributed by atoms with Crippen LogP contribution in [-0.4, -0.2) is 39.1 Å². The minimum absolute atomic E-state index is 0.105. The van der Waals surface area contributed by atoms with Gasteiger partial charge in [0.1, 0.15) is 5.82 Å². The van der Waals surface area contributed by atoms with Crippen molar-refractivity contribution in [3.05, 3.63) is 17.1 Å². The van der Waals surface area contributed by atoms with Crippen molar-refractivity contribution >= 4 is 18.1 Å². The number of aryl methyl sites for hydroxylation is 1. The summed E-state index contributed by atoms with van der Waals surface area (Å²) >= 11 is 0. The van der Waals surface area contributed by atoms with Crippen LogP contribution < -0.4 is 10.9 Å². The third-order valence-corrected chi connectivity index (χ3v) is 3.89. The molecule has 0 radical (unpaired) electrons. The van der Waals surface area contributed by atoms with Gasteiger partial charge in [-0.05, 0) is 20.3 Å². The molecule has 0 aliphatic carbocycles. The Bertz CT molecular complexity index is 655. The number of nitrogens with one attached hydrogen (secondary N) is 2. The van der Waals surface area contributed by atoms with Gasteiger partial charge in [-0.3, -0.25) is 25.6 Å². The molecular formula is C16H24F3N5O3. The number of hydrogen-bond donors (Lipinski definition) is 3. The molecule has 1 rings (SSSR count). The predicted octanol–water partition coefficient (Wildman–Crippen LogP) is 2.60. The molecule has 152 valence electrons. The summed E-state index contributed by atoms with van der Waals surface area (Å²) in [5.74, 6) is -1.58. The molecule has 1 aromatic heterocycles. The van der Waals surface area contributed by atoms with Crippen LogP contribution in [0.25, 0.3) is 0 Å². The number of alkyl halides is 3. The van der Waals surface area contributed by atoms with Crippen LogP contribution >= 0.6 is 0 Å². The van der Waals surface area contributed by atoms with Gasteiger partial charge in [0.25, 0.3) is 0 Å². The molecule has 1 aromatic rings. The number of unbranched alkanes of at least 4 members (excludes halogenated alkanes) is 2. The van der Waals surface area contributed by atoms with Crippen molar-refractivity contribution in [2.24, 2.45) is 5.92 Å². The van der Waals surface area contributed by atoms with Crippen LogP contribution in [0.4, 0.5) is 19.0 Å². The number of carbonyl (C=O) groups is 2. The number of carbonyl (C=O) groups excluding carboxylic acids is 2. The Labute approximate surface area is 155 Å². The van der Waals surface area contributed by atoms with Crippen LogP contribution in [0, 0.1) is 19.8 Å². The van der Waals surface area contributed by atoms with Crippen molar-refractivity contribution in [1.82, 2.24) is 20.5 Å². The van der Waals surface area contributed by atoms with Gasteiger partial charge >= 0.3 is 6.18 Å². The molecule has 0 bridgehead atoms. The maximum atomic E-state index is 13.0. The van der Waals surface area contributed by atoms with E-state index in [-0.39, 0.29) is 30.2 Å². The lowest BCUT2D eigenvalue weighted by Crippen LogP contribution is -2.40. The predicted molar refractivity (Wildman–Crippen MR) is 90.5 cm³/mol. The first-order valence-electron chi connectivity index (χ1n) is 8.49. The van der Waals surface area contributed by atoms with E-state index in [1.54, 1.807) is 0 Å². The average molecular weight is 391 g/mol. The second-order valence-electron chi connectivity index (χ2n) is 6.13. The maximum absolute atomic E-state index is 13.0. The van der Waals surface area contributed by atoms with E-state index < -0.39 is 23.7 Å². The van der Waals surface area contributed by atoms with E-state index in [4.69, 9.17) is 0 Å². The fourth-order valence-electron chi connectivity index (χ4n) is 2.46. The first kappa shape index (κ1) is 22.6. The zero-order valence-corrected chi connectivity index (χ0v) is 15.4. The van der Waals surface area contributed by atoms with Crippen molar-refractivity contribution in [3.8, 4) is 0 Å². The Hall–Kier alpha value is -2.43. The van der Waals surface area contributed by atoms with Crippen molar-refractivity contribution in [2.75, 3.05) is 12.0 Å². The fourth-order valence-corrected chi connectivity index (χ4v) is 2.46. The van der Waals surface area contributed by atoms with Gasteiger partial charge in [0.2, 0.25) is 12.3 Å². The normalized spacial score (nSPS) is 12.4. The highest BCUT2D eigenvalue weighted by Gasteiger charge is 2.36. The van der Waals surface area contributed by atoms with Gasteiger partial charge in [-0.1, -0.05) is 26.2 Å². The quantitative estimate of drug-likeness (QED) is 0.245. The standard InChI is InChI=1S/C16H24F3N5O3/c1-4-5-6-7-12(8-24(27)9-25)15(26)23-22-14-10(2)13(16(17,18)19)20-11(3)21-14/h9,12,27H,4-8H2,1-3H3,(H,23,26)(H,20,21,22)/t12-/m1/s1. The molecule has 0 aromatic carbocycles. The van der Waals surface area contributed by atoms with Gasteiger partial charge in [-0.25, -0.2) is 15.0 Å². The first-order chi connectivity index (χ1) is 12.6. The van der Waals surface area contributed by atoms with E-state index in [1.807, 2.05) is 6.92 Å². The molecule has 0 saturated carbocycles. The summed E-state index contributed by atoms with van der Waals surface area (Å²) in [6.07, 6.45) is -1.58. The molecule has 0 saturated heterocycles. The van der Waals surface area contributed by atoms with Crippen LogP contribution in [0.1, 0.15) is 49.7 Å². The summed E-state index contributed by atoms with van der Waals surface area (Å²) in [6.45, 7) is 4.26. The number of aromatic nitrogens is 2. The number of halogens is 3. The third-order valence-electron chi connectivity index (χ3n) is 3.89. The van der Waals surface area contributed by atoms with Crippen LogP contribution in [0.3, 0.4) is 0 Å². The number of hydrazine groups is 1. The maximum Gasteiger partial charge on any atom is 0.433 e. The van der Waals surface area contributed by atoms with E-state index in [0.29, 0.717) is 17.9 Å². The van der Waals surface area contributed by atoms with E-state index in [9.17, 15) is 28.0 Å². The van der Waals surface area contributed by atoms with Gasteiger partial charge in [-0.15, -0.1) is 0 Å². The summed E-state index contributed by atoms with van der Waals surface area (Å²) in [6, 6.07) is 0. The average Bonchev–Trinajstić information content (AvgIpc) is 2.59. The molecule has 0 aliphatic rings. The molecule has 0 spiro atoms. The fraction of sp³-hybridized carbons (Fsp3) is 0.625. The number of amides is 2. The highest BCUT2D eigenvalue weighted by molar-refractivity contribution is 5.80. The lowest BCUT2D eigenvalue weighted by molar-refractivity contribution is -0.154. The van der Waals surface area contributed by atoms with Gasteiger partial charge < -0.3 is 0 Å². The van der Waals surface area contributed by atoms with Gasteiger partial charge in [-0.2, -0.15) is 13.2 Å². The summed E-state index contributed by atoms with van der Waals surface area (Å²) in [5, 5.41) is 9.70. The molecule has 27 heavy (non-hydrogen) atoms. The van der Waals surface area contributed by atoms with Crippen LogP contribution in [0.5, 0.6) is 0 Å².